The van der Waals surface area contributed by atoms with E-state index in [0.29, 0.717) is 18.2 Å². The van der Waals surface area contributed by atoms with E-state index in [9.17, 15) is 9.59 Å². The third kappa shape index (κ3) is 3.14. The molecule has 0 unspecified atom stereocenters. The Hall–Kier alpha value is -2.35. The van der Waals surface area contributed by atoms with Crippen LogP contribution >= 0.6 is 11.8 Å². The second-order valence-corrected chi connectivity index (χ2v) is 6.26. The molecule has 0 bridgehead atoms. The van der Waals surface area contributed by atoms with Crippen LogP contribution in [0.5, 0.6) is 0 Å². The highest BCUT2D eigenvalue weighted by atomic mass is 32.2. The molecule has 0 saturated carbocycles. The quantitative estimate of drug-likeness (QED) is 0.774. The van der Waals surface area contributed by atoms with Gasteiger partial charge < -0.3 is 9.30 Å². The molecular formula is C16H18N4O3S. The molecule has 0 aliphatic carbocycles. The molecule has 8 heteroatoms. The lowest BCUT2D eigenvalue weighted by molar-refractivity contribution is -0.125. The maximum Gasteiger partial charge on any atom is 0.416 e. The SMILES string of the molecule is CCn1c(SCC(=O)N2CCOC2=O)nnc1-c1ccccc1C. The van der Waals surface area contributed by atoms with Crippen molar-refractivity contribution in [3.05, 3.63) is 29.8 Å². The first-order chi connectivity index (χ1) is 11.6. The van der Waals surface area contributed by atoms with E-state index in [2.05, 4.69) is 10.2 Å². The number of thioether (sulfide) groups is 1. The summed E-state index contributed by atoms with van der Waals surface area (Å²) in [6.45, 7) is 5.30. The molecule has 2 amide bonds. The van der Waals surface area contributed by atoms with Gasteiger partial charge in [0, 0.05) is 12.1 Å². The van der Waals surface area contributed by atoms with Gasteiger partial charge in [0.2, 0.25) is 5.91 Å². The van der Waals surface area contributed by atoms with Crippen LogP contribution in [0.2, 0.25) is 0 Å². The van der Waals surface area contributed by atoms with Crippen LogP contribution in [0, 0.1) is 6.92 Å². The fourth-order valence-corrected chi connectivity index (χ4v) is 3.41. The van der Waals surface area contributed by atoms with E-state index in [-0.39, 0.29) is 18.3 Å². The van der Waals surface area contributed by atoms with Crippen molar-refractivity contribution in [1.82, 2.24) is 19.7 Å². The summed E-state index contributed by atoms with van der Waals surface area (Å²) in [7, 11) is 0. The maximum absolute atomic E-state index is 12.1. The predicted molar refractivity (Wildman–Crippen MR) is 89.7 cm³/mol. The number of carbonyl (C=O) groups is 2. The Labute approximate surface area is 144 Å². The van der Waals surface area contributed by atoms with Crippen molar-refractivity contribution in [2.45, 2.75) is 25.5 Å². The molecule has 126 valence electrons. The summed E-state index contributed by atoms with van der Waals surface area (Å²) in [6, 6.07) is 7.98. The molecule has 24 heavy (non-hydrogen) atoms. The van der Waals surface area contributed by atoms with Gasteiger partial charge in [-0.3, -0.25) is 4.79 Å². The number of imide groups is 1. The number of nitrogens with zero attached hydrogens (tertiary/aromatic N) is 4. The molecule has 1 aliphatic rings. The summed E-state index contributed by atoms with van der Waals surface area (Å²) in [5.74, 6) is 0.637. The molecule has 2 heterocycles. The standard InChI is InChI=1S/C16H18N4O3S/c1-3-19-14(12-7-5-4-6-11(12)2)17-18-15(19)24-10-13(21)20-8-9-23-16(20)22/h4-7H,3,8-10H2,1-2H3. The molecule has 1 aromatic heterocycles. The van der Waals surface area contributed by atoms with E-state index >= 15 is 0 Å². The molecule has 0 atom stereocenters. The first kappa shape index (κ1) is 16.5. The molecule has 1 aliphatic heterocycles. The topological polar surface area (TPSA) is 77.3 Å². The van der Waals surface area contributed by atoms with Gasteiger partial charge in [-0.2, -0.15) is 0 Å². The van der Waals surface area contributed by atoms with E-state index in [0.717, 1.165) is 21.9 Å². The highest BCUT2D eigenvalue weighted by Crippen LogP contribution is 2.26. The van der Waals surface area contributed by atoms with Crippen LogP contribution in [0.3, 0.4) is 0 Å². The zero-order valence-electron chi connectivity index (χ0n) is 13.6. The number of cyclic esters (lactones) is 1. The largest absolute Gasteiger partial charge is 0.447 e. The van der Waals surface area contributed by atoms with Gasteiger partial charge in [0.15, 0.2) is 11.0 Å². The smallest absolute Gasteiger partial charge is 0.416 e. The number of rotatable bonds is 5. The van der Waals surface area contributed by atoms with E-state index in [1.54, 1.807) is 0 Å². The second kappa shape index (κ2) is 7.04. The van der Waals surface area contributed by atoms with Gasteiger partial charge in [0.25, 0.3) is 0 Å². The molecule has 0 spiro atoms. The third-order valence-electron chi connectivity index (χ3n) is 3.81. The normalized spacial score (nSPS) is 14.1. The summed E-state index contributed by atoms with van der Waals surface area (Å²) in [5.41, 5.74) is 2.14. The van der Waals surface area contributed by atoms with Crippen LogP contribution in [0.15, 0.2) is 29.4 Å². The highest BCUT2D eigenvalue weighted by molar-refractivity contribution is 7.99. The van der Waals surface area contributed by atoms with Gasteiger partial charge in [-0.05, 0) is 19.4 Å². The van der Waals surface area contributed by atoms with Gasteiger partial charge in [0.05, 0.1) is 12.3 Å². The number of hydrogen-bond donors (Lipinski definition) is 0. The summed E-state index contributed by atoms with van der Waals surface area (Å²) in [5, 5.41) is 9.16. The van der Waals surface area contributed by atoms with Gasteiger partial charge in [-0.25, -0.2) is 9.69 Å². The Kier molecular flexibility index (Phi) is 4.84. The zero-order chi connectivity index (χ0) is 17.1. The Bertz CT molecular complexity index is 774. The molecule has 2 aromatic rings. The van der Waals surface area contributed by atoms with Gasteiger partial charge in [0.1, 0.15) is 6.61 Å². The number of carbonyl (C=O) groups excluding carboxylic acids is 2. The van der Waals surface area contributed by atoms with E-state index in [4.69, 9.17) is 4.74 Å². The number of aryl methyl sites for hydroxylation is 1. The Morgan fingerprint density at radius 1 is 1.33 bits per heavy atom. The van der Waals surface area contributed by atoms with Crippen LogP contribution < -0.4 is 0 Å². The number of ether oxygens (including phenoxy) is 1. The monoisotopic (exact) mass is 346 g/mol. The maximum atomic E-state index is 12.1. The third-order valence-corrected chi connectivity index (χ3v) is 4.76. The Balaban J connectivity index is 1.76. The minimum absolute atomic E-state index is 0.126. The van der Waals surface area contributed by atoms with Gasteiger partial charge >= 0.3 is 6.09 Å². The number of benzene rings is 1. The summed E-state index contributed by atoms with van der Waals surface area (Å²) in [4.78, 5) is 24.7. The van der Waals surface area contributed by atoms with Gasteiger partial charge in [-0.1, -0.05) is 36.0 Å². The van der Waals surface area contributed by atoms with E-state index in [1.807, 2.05) is 42.7 Å². The number of hydrogen-bond acceptors (Lipinski definition) is 6. The van der Waals surface area contributed by atoms with Crippen LogP contribution in [-0.2, 0) is 16.1 Å². The van der Waals surface area contributed by atoms with Crippen molar-refractivity contribution in [3.63, 3.8) is 0 Å². The lowest BCUT2D eigenvalue weighted by atomic mass is 10.1. The predicted octanol–water partition coefficient (Wildman–Crippen LogP) is 2.34. The molecule has 1 saturated heterocycles. The highest BCUT2D eigenvalue weighted by Gasteiger charge is 2.28. The van der Waals surface area contributed by atoms with Crippen molar-refractivity contribution in [3.8, 4) is 11.4 Å². The molecule has 3 rings (SSSR count). The average Bonchev–Trinajstić information content (AvgIpc) is 3.19. The van der Waals surface area contributed by atoms with Crippen molar-refractivity contribution in [2.24, 2.45) is 0 Å². The van der Waals surface area contributed by atoms with Crippen LogP contribution in [0.25, 0.3) is 11.4 Å². The van der Waals surface area contributed by atoms with Crippen LogP contribution in [-0.4, -0.2) is 50.6 Å². The fraction of sp³-hybridized carbons (Fsp3) is 0.375. The first-order valence-electron chi connectivity index (χ1n) is 7.71. The summed E-state index contributed by atoms with van der Waals surface area (Å²) < 4.78 is 6.76. The number of aromatic nitrogens is 3. The minimum Gasteiger partial charge on any atom is -0.447 e. The number of amides is 2. The lowest BCUT2D eigenvalue weighted by Gasteiger charge is -2.11. The van der Waals surface area contributed by atoms with Gasteiger partial charge in [-0.15, -0.1) is 10.2 Å². The van der Waals surface area contributed by atoms with Crippen LogP contribution in [0.1, 0.15) is 12.5 Å². The van der Waals surface area contributed by atoms with Crippen LogP contribution in [0.4, 0.5) is 4.79 Å². The second-order valence-electron chi connectivity index (χ2n) is 5.31. The summed E-state index contributed by atoms with van der Waals surface area (Å²) >= 11 is 1.28. The summed E-state index contributed by atoms with van der Waals surface area (Å²) in [6.07, 6.45) is -0.571. The first-order valence-corrected chi connectivity index (χ1v) is 8.69. The van der Waals surface area contributed by atoms with E-state index in [1.165, 1.54) is 11.8 Å². The molecule has 0 N–H and O–H groups in total. The molecule has 1 aromatic carbocycles. The van der Waals surface area contributed by atoms with Crippen molar-refractivity contribution in [1.29, 1.82) is 0 Å². The Morgan fingerprint density at radius 3 is 2.79 bits per heavy atom. The van der Waals surface area contributed by atoms with Crippen molar-refractivity contribution in [2.75, 3.05) is 18.9 Å². The average molecular weight is 346 g/mol. The fourth-order valence-electron chi connectivity index (χ4n) is 2.53. The molecule has 7 nitrogen and oxygen atoms in total. The minimum atomic E-state index is -0.571. The van der Waals surface area contributed by atoms with E-state index < -0.39 is 6.09 Å². The molecule has 1 fully saturated rings. The molecular weight excluding hydrogens is 328 g/mol. The lowest BCUT2D eigenvalue weighted by Crippen LogP contribution is -2.33. The zero-order valence-corrected chi connectivity index (χ0v) is 14.4. The molecule has 0 radical (unpaired) electrons. The van der Waals surface area contributed by atoms with Crippen molar-refractivity contribution >= 4 is 23.8 Å². The van der Waals surface area contributed by atoms with Crippen molar-refractivity contribution < 1.29 is 14.3 Å². The Morgan fingerprint density at radius 2 is 2.12 bits per heavy atom.